The fourth-order valence-corrected chi connectivity index (χ4v) is 2.02. The minimum atomic E-state index is -1.09. The molecule has 126 valence electrons. The van der Waals surface area contributed by atoms with Gasteiger partial charge in [0, 0.05) is 25.6 Å². The lowest BCUT2D eigenvalue weighted by Gasteiger charge is -2.13. The first kappa shape index (κ1) is 17.4. The second-order valence-electron chi connectivity index (χ2n) is 5.11. The summed E-state index contributed by atoms with van der Waals surface area (Å²) in [7, 11) is 0. The number of anilines is 2. The number of nitrogens with one attached hydrogen (secondary N) is 3. The first-order valence-electron chi connectivity index (χ1n) is 7.27. The van der Waals surface area contributed by atoms with Gasteiger partial charge in [-0.1, -0.05) is 30.3 Å². The molecule has 24 heavy (non-hydrogen) atoms. The summed E-state index contributed by atoms with van der Waals surface area (Å²) in [6.45, 7) is 1.46. The zero-order valence-corrected chi connectivity index (χ0v) is 13.0. The molecule has 0 saturated carbocycles. The molecule has 0 saturated heterocycles. The van der Waals surface area contributed by atoms with Crippen molar-refractivity contribution < 1.29 is 18.4 Å². The van der Waals surface area contributed by atoms with Crippen LogP contribution in [-0.2, 0) is 16.1 Å². The summed E-state index contributed by atoms with van der Waals surface area (Å²) in [6.07, 6.45) is 0. The predicted octanol–water partition coefficient (Wildman–Crippen LogP) is 2.65. The molecule has 2 aromatic rings. The Balaban J connectivity index is 1.96. The Bertz CT molecular complexity index is 736. The van der Waals surface area contributed by atoms with Crippen LogP contribution in [0.25, 0.3) is 0 Å². The molecular formula is C17H17F2N3O2. The van der Waals surface area contributed by atoms with E-state index in [0.29, 0.717) is 6.54 Å². The van der Waals surface area contributed by atoms with Crippen LogP contribution >= 0.6 is 0 Å². The number of amides is 2. The van der Waals surface area contributed by atoms with Crippen molar-refractivity contribution in [2.75, 3.05) is 17.2 Å². The Hall–Kier alpha value is -2.96. The van der Waals surface area contributed by atoms with Crippen LogP contribution in [0.15, 0.2) is 42.5 Å². The van der Waals surface area contributed by atoms with Crippen molar-refractivity contribution in [3.8, 4) is 0 Å². The van der Waals surface area contributed by atoms with E-state index in [9.17, 15) is 18.4 Å². The fourth-order valence-electron chi connectivity index (χ4n) is 2.02. The molecule has 2 rings (SSSR count). The number of halogens is 2. The molecule has 0 heterocycles. The highest BCUT2D eigenvalue weighted by atomic mass is 19.2. The predicted molar refractivity (Wildman–Crippen MR) is 87.4 cm³/mol. The Morgan fingerprint density at radius 1 is 1.00 bits per heavy atom. The molecule has 3 N–H and O–H groups in total. The van der Waals surface area contributed by atoms with E-state index in [0.717, 1.165) is 17.7 Å². The van der Waals surface area contributed by atoms with E-state index in [1.807, 2.05) is 30.3 Å². The quantitative estimate of drug-likeness (QED) is 0.761. The van der Waals surface area contributed by atoms with Gasteiger partial charge in [-0.05, 0) is 5.56 Å². The Kier molecular flexibility index (Phi) is 5.83. The average molecular weight is 333 g/mol. The molecular weight excluding hydrogens is 316 g/mol. The van der Waals surface area contributed by atoms with Crippen molar-refractivity contribution in [1.82, 2.24) is 5.32 Å². The van der Waals surface area contributed by atoms with Gasteiger partial charge in [0.1, 0.15) is 0 Å². The molecule has 0 aromatic heterocycles. The van der Waals surface area contributed by atoms with E-state index in [1.54, 1.807) is 0 Å². The third kappa shape index (κ3) is 5.05. The molecule has 2 amide bonds. The van der Waals surface area contributed by atoms with Gasteiger partial charge in [-0.15, -0.1) is 0 Å². The van der Waals surface area contributed by atoms with Crippen LogP contribution in [0.5, 0.6) is 0 Å². The van der Waals surface area contributed by atoms with Gasteiger partial charge < -0.3 is 16.0 Å². The molecule has 0 spiro atoms. The smallest absolute Gasteiger partial charge is 0.239 e. The molecule has 7 heteroatoms. The molecule has 0 bridgehead atoms. The fraction of sp³-hybridized carbons (Fsp3) is 0.176. The molecule has 0 radical (unpaired) electrons. The van der Waals surface area contributed by atoms with Gasteiger partial charge >= 0.3 is 0 Å². The maximum absolute atomic E-state index is 13.4. The van der Waals surface area contributed by atoms with Crippen molar-refractivity contribution in [2.45, 2.75) is 13.5 Å². The molecule has 0 aliphatic carbocycles. The topological polar surface area (TPSA) is 70.2 Å². The van der Waals surface area contributed by atoms with Gasteiger partial charge in [0.2, 0.25) is 11.8 Å². The lowest BCUT2D eigenvalue weighted by Crippen LogP contribution is -2.29. The number of benzene rings is 2. The van der Waals surface area contributed by atoms with Crippen molar-refractivity contribution >= 4 is 23.2 Å². The second-order valence-corrected chi connectivity index (χ2v) is 5.11. The molecule has 0 atom stereocenters. The lowest BCUT2D eigenvalue weighted by atomic mass is 10.2. The first-order valence-corrected chi connectivity index (χ1v) is 7.27. The summed E-state index contributed by atoms with van der Waals surface area (Å²) in [5, 5.41) is 7.77. The molecule has 0 aliphatic rings. The zero-order valence-electron chi connectivity index (χ0n) is 13.0. The summed E-state index contributed by atoms with van der Waals surface area (Å²) < 4.78 is 26.6. The number of hydrogen-bond acceptors (Lipinski definition) is 3. The molecule has 5 nitrogen and oxygen atoms in total. The van der Waals surface area contributed by atoms with Crippen LogP contribution in [0.1, 0.15) is 12.5 Å². The summed E-state index contributed by atoms with van der Waals surface area (Å²) in [6, 6.07) is 11.1. The maximum Gasteiger partial charge on any atom is 0.239 e. The van der Waals surface area contributed by atoms with E-state index in [4.69, 9.17) is 0 Å². The highest BCUT2D eigenvalue weighted by Gasteiger charge is 2.12. The highest BCUT2D eigenvalue weighted by Crippen LogP contribution is 2.25. The SMILES string of the molecule is CC(=O)Nc1cc(F)c(F)cc1NCC(=O)NCc1ccccc1. The van der Waals surface area contributed by atoms with Gasteiger partial charge in [0.15, 0.2) is 11.6 Å². The first-order chi connectivity index (χ1) is 11.5. The monoisotopic (exact) mass is 333 g/mol. The van der Waals surface area contributed by atoms with E-state index in [1.165, 1.54) is 6.92 Å². The van der Waals surface area contributed by atoms with Crippen LogP contribution in [0.2, 0.25) is 0 Å². The molecule has 0 unspecified atom stereocenters. The van der Waals surface area contributed by atoms with E-state index in [-0.39, 0.29) is 23.8 Å². The molecule has 2 aromatic carbocycles. The third-order valence-corrected chi connectivity index (χ3v) is 3.14. The van der Waals surface area contributed by atoms with Crippen LogP contribution in [-0.4, -0.2) is 18.4 Å². The minimum absolute atomic E-state index is 0.0669. The van der Waals surface area contributed by atoms with Gasteiger partial charge in [0.05, 0.1) is 17.9 Å². The summed E-state index contributed by atoms with van der Waals surface area (Å²) >= 11 is 0. The van der Waals surface area contributed by atoms with Gasteiger partial charge in [-0.25, -0.2) is 8.78 Å². The van der Waals surface area contributed by atoms with Crippen molar-refractivity contribution in [2.24, 2.45) is 0 Å². The van der Waals surface area contributed by atoms with Gasteiger partial charge in [-0.3, -0.25) is 9.59 Å². The number of rotatable bonds is 6. The maximum atomic E-state index is 13.4. The van der Waals surface area contributed by atoms with Crippen molar-refractivity contribution in [3.05, 3.63) is 59.7 Å². The normalized spacial score (nSPS) is 10.1. The standard InChI is InChI=1S/C17H17F2N3O2/c1-11(23)22-16-8-14(19)13(18)7-15(16)20-10-17(24)21-9-12-5-3-2-4-6-12/h2-8,20H,9-10H2,1H3,(H,21,24)(H,22,23). The van der Waals surface area contributed by atoms with E-state index in [2.05, 4.69) is 16.0 Å². The van der Waals surface area contributed by atoms with Crippen LogP contribution < -0.4 is 16.0 Å². The number of carbonyl (C=O) groups is 2. The second kappa shape index (κ2) is 8.05. The summed E-state index contributed by atoms with van der Waals surface area (Å²) in [5.41, 5.74) is 1.13. The summed E-state index contributed by atoms with van der Waals surface area (Å²) in [4.78, 5) is 23.0. The number of carbonyl (C=O) groups excluding carboxylic acids is 2. The third-order valence-electron chi connectivity index (χ3n) is 3.14. The van der Waals surface area contributed by atoms with Crippen LogP contribution in [0.4, 0.5) is 20.2 Å². The average Bonchev–Trinajstić information content (AvgIpc) is 2.55. The highest BCUT2D eigenvalue weighted by molar-refractivity contribution is 5.93. The molecule has 0 aliphatic heterocycles. The molecule has 0 fully saturated rings. The lowest BCUT2D eigenvalue weighted by molar-refractivity contribution is -0.119. The Morgan fingerprint density at radius 3 is 2.25 bits per heavy atom. The Labute approximate surface area is 138 Å². The largest absolute Gasteiger partial charge is 0.374 e. The van der Waals surface area contributed by atoms with Gasteiger partial charge in [0.25, 0.3) is 0 Å². The summed E-state index contributed by atoms with van der Waals surface area (Å²) in [5.74, 6) is -2.91. The van der Waals surface area contributed by atoms with Crippen molar-refractivity contribution in [1.29, 1.82) is 0 Å². The van der Waals surface area contributed by atoms with Crippen LogP contribution in [0, 0.1) is 11.6 Å². The van der Waals surface area contributed by atoms with Crippen LogP contribution in [0.3, 0.4) is 0 Å². The van der Waals surface area contributed by atoms with E-state index < -0.39 is 17.5 Å². The number of hydrogen-bond donors (Lipinski definition) is 3. The van der Waals surface area contributed by atoms with E-state index >= 15 is 0 Å². The van der Waals surface area contributed by atoms with Crippen molar-refractivity contribution in [3.63, 3.8) is 0 Å². The van der Waals surface area contributed by atoms with Gasteiger partial charge in [-0.2, -0.15) is 0 Å². The Morgan fingerprint density at radius 2 is 1.62 bits per heavy atom. The minimum Gasteiger partial charge on any atom is -0.374 e. The zero-order chi connectivity index (χ0) is 17.5.